The fourth-order valence-electron chi connectivity index (χ4n) is 3.31. The van der Waals surface area contributed by atoms with E-state index in [1.54, 1.807) is 13.8 Å². The summed E-state index contributed by atoms with van der Waals surface area (Å²) in [6, 6.07) is -0.484. The Labute approximate surface area is 132 Å². The molecule has 1 saturated carbocycles. The number of rotatable bonds is 4. The number of hydrogen-bond donors (Lipinski definition) is 1. The number of carbonyl (C=O) groups is 1. The topological polar surface area (TPSA) is 32.3 Å². The molecule has 0 atom stereocenters. The third-order valence-electron chi connectivity index (χ3n) is 4.93. The number of carbonyl (C=O) groups excluding carboxylic acids is 1. The Morgan fingerprint density at radius 2 is 1.78 bits per heavy atom. The van der Waals surface area contributed by atoms with Crippen LogP contribution >= 0.6 is 0 Å². The minimum atomic E-state index is -4.18. The lowest BCUT2D eigenvalue weighted by atomic mass is 9.88. The van der Waals surface area contributed by atoms with Crippen molar-refractivity contribution in [3.63, 3.8) is 0 Å². The van der Waals surface area contributed by atoms with Gasteiger partial charge in [-0.3, -0.25) is 0 Å². The highest BCUT2D eigenvalue weighted by Gasteiger charge is 2.62. The molecule has 0 aromatic heterocycles. The first kappa shape index (κ1) is 18.3. The number of halogens is 5. The summed E-state index contributed by atoms with van der Waals surface area (Å²) in [5.41, 5.74) is -2.54. The van der Waals surface area contributed by atoms with Gasteiger partial charge in [-0.05, 0) is 39.5 Å². The summed E-state index contributed by atoms with van der Waals surface area (Å²) >= 11 is 0. The van der Waals surface area contributed by atoms with Crippen LogP contribution in [0.25, 0.3) is 0 Å². The van der Waals surface area contributed by atoms with E-state index in [-0.39, 0.29) is 45.2 Å². The maximum absolute atomic E-state index is 13.4. The molecule has 0 unspecified atom stereocenters. The van der Waals surface area contributed by atoms with Crippen LogP contribution in [0, 0.1) is 5.41 Å². The smallest absolute Gasteiger partial charge is 0.338 e. The normalized spacial score (nSPS) is 25.1. The highest BCUT2D eigenvalue weighted by molar-refractivity contribution is 5.75. The van der Waals surface area contributed by atoms with Crippen LogP contribution in [-0.2, 0) is 0 Å². The predicted molar refractivity (Wildman–Crippen MR) is 75.3 cm³/mol. The fourth-order valence-corrected chi connectivity index (χ4v) is 3.31. The van der Waals surface area contributed by atoms with E-state index in [0.29, 0.717) is 0 Å². The van der Waals surface area contributed by atoms with Crippen LogP contribution in [0.3, 0.4) is 0 Å². The lowest BCUT2D eigenvalue weighted by Gasteiger charge is -2.45. The van der Waals surface area contributed by atoms with Crippen LogP contribution in [0.1, 0.15) is 52.4 Å². The zero-order chi connectivity index (χ0) is 17.5. The van der Waals surface area contributed by atoms with E-state index < -0.39 is 35.5 Å². The predicted octanol–water partition coefficient (Wildman–Crippen LogP) is 4.33. The van der Waals surface area contributed by atoms with Gasteiger partial charge in [0.25, 0.3) is 5.92 Å². The lowest BCUT2D eigenvalue weighted by molar-refractivity contribution is -0.189. The summed E-state index contributed by atoms with van der Waals surface area (Å²) in [7, 11) is 0. The van der Waals surface area contributed by atoms with Gasteiger partial charge in [-0.25, -0.2) is 13.6 Å². The second-order valence-corrected chi connectivity index (χ2v) is 7.36. The van der Waals surface area contributed by atoms with Crippen LogP contribution in [0.5, 0.6) is 0 Å². The van der Waals surface area contributed by atoms with Gasteiger partial charge in [0.1, 0.15) is 0 Å². The number of nitrogens with one attached hydrogen (secondary N) is 1. The van der Waals surface area contributed by atoms with Gasteiger partial charge < -0.3 is 10.2 Å². The molecular formula is C15H23F5N2O. The van der Waals surface area contributed by atoms with E-state index in [9.17, 15) is 26.7 Å². The number of amides is 2. The van der Waals surface area contributed by atoms with Gasteiger partial charge in [0.2, 0.25) is 0 Å². The molecule has 0 aromatic rings. The maximum Gasteiger partial charge on any atom is 0.394 e. The third kappa shape index (κ3) is 4.07. The van der Waals surface area contributed by atoms with Gasteiger partial charge in [-0.2, -0.15) is 13.2 Å². The standard InChI is InChI=1S/C15H23F5N2O/c1-12(2)10-14(16,17)7-9-22(12)11(23)21-8-3-4-13(5-6-13)15(18,19)20/h3-10H2,1-2H3,(H,21,23). The van der Waals surface area contributed by atoms with Crippen molar-refractivity contribution in [1.29, 1.82) is 0 Å². The zero-order valence-electron chi connectivity index (χ0n) is 13.4. The summed E-state index contributed by atoms with van der Waals surface area (Å²) in [6.07, 6.45) is -4.45. The van der Waals surface area contributed by atoms with Gasteiger partial charge in [-0.1, -0.05) is 0 Å². The van der Waals surface area contributed by atoms with Crippen LogP contribution in [0.2, 0.25) is 0 Å². The Hall–Kier alpha value is -1.08. The zero-order valence-corrected chi connectivity index (χ0v) is 13.4. The molecule has 8 heteroatoms. The molecule has 1 aliphatic heterocycles. The molecule has 2 aliphatic rings. The highest BCUT2D eigenvalue weighted by atomic mass is 19.4. The molecule has 1 heterocycles. The number of urea groups is 1. The quantitative estimate of drug-likeness (QED) is 0.599. The number of likely N-dealkylation sites (tertiary alicyclic amines) is 1. The molecule has 0 spiro atoms. The maximum atomic E-state index is 13.4. The average molecular weight is 342 g/mol. The molecule has 2 rings (SSSR count). The van der Waals surface area contributed by atoms with E-state index in [1.807, 2.05) is 0 Å². The van der Waals surface area contributed by atoms with Crippen molar-refractivity contribution in [3.8, 4) is 0 Å². The first-order valence-electron chi connectivity index (χ1n) is 7.89. The van der Waals surface area contributed by atoms with E-state index in [0.717, 1.165) is 0 Å². The summed E-state index contributed by atoms with van der Waals surface area (Å²) in [5, 5.41) is 2.56. The van der Waals surface area contributed by atoms with Gasteiger partial charge in [0, 0.05) is 31.5 Å². The van der Waals surface area contributed by atoms with E-state index in [2.05, 4.69) is 5.32 Å². The molecule has 1 aliphatic carbocycles. The van der Waals surface area contributed by atoms with Gasteiger partial charge in [0.15, 0.2) is 0 Å². The molecule has 3 nitrogen and oxygen atoms in total. The van der Waals surface area contributed by atoms with Crippen molar-refractivity contribution >= 4 is 6.03 Å². The van der Waals surface area contributed by atoms with E-state index in [4.69, 9.17) is 0 Å². The van der Waals surface area contributed by atoms with E-state index >= 15 is 0 Å². The Morgan fingerprint density at radius 3 is 2.26 bits per heavy atom. The first-order valence-corrected chi connectivity index (χ1v) is 7.89. The second kappa shape index (κ2) is 5.77. The highest BCUT2D eigenvalue weighted by Crippen LogP contribution is 2.60. The molecule has 1 N–H and O–H groups in total. The Kier molecular flexibility index (Phi) is 4.58. The van der Waals surface area contributed by atoms with Crippen LogP contribution in [0.4, 0.5) is 26.7 Å². The first-order chi connectivity index (χ1) is 10.4. The molecule has 134 valence electrons. The van der Waals surface area contributed by atoms with Gasteiger partial charge in [0.05, 0.1) is 5.41 Å². The second-order valence-electron chi connectivity index (χ2n) is 7.36. The van der Waals surface area contributed by atoms with Gasteiger partial charge >= 0.3 is 12.2 Å². The van der Waals surface area contributed by atoms with Crippen LogP contribution in [0.15, 0.2) is 0 Å². The van der Waals surface area contributed by atoms with Crippen LogP contribution < -0.4 is 5.32 Å². The Morgan fingerprint density at radius 1 is 1.17 bits per heavy atom. The molecule has 0 radical (unpaired) electrons. The number of nitrogens with zero attached hydrogens (tertiary/aromatic N) is 1. The number of hydrogen-bond acceptors (Lipinski definition) is 1. The van der Waals surface area contributed by atoms with Crippen LogP contribution in [-0.4, -0.2) is 41.7 Å². The molecule has 0 aromatic carbocycles. The number of piperidine rings is 1. The monoisotopic (exact) mass is 342 g/mol. The largest absolute Gasteiger partial charge is 0.394 e. The van der Waals surface area contributed by atoms with Crippen molar-refractivity contribution in [2.24, 2.45) is 5.41 Å². The SMILES string of the molecule is CC1(C)CC(F)(F)CCN1C(=O)NCCCC1(C(F)(F)F)CC1. The van der Waals surface area contributed by atoms with Gasteiger partial charge in [-0.15, -0.1) is 0 Å². The molecule has 23 heavy (non-hydrogen) atoms. The summed E-state index contributed by atoms with van der Waals surface area (Å²) in [4.78, 5) is 13.5. The Bertz CT molecular complexity index is 457. The van der Waals surface area contributed by atoms with E-state index in [1.165, 1.54) is 4.90 Å². The lowest BCUT2D eigenvalue weighted by Crippen LogP contribution is -2.58. The molecular weight excluding hydrogens is 319 g/mol. The summed E-state index contributed by atoms with van der Waals surface area (Å²) in [6.45, 7) is 3.21. The summed E-state index contributed by atoms with van der Waals surface area (Å²) in [5.74, 6) is -2.79. The Balaban J connectivity index is 1.77. The van der Waals surface area contributed by atoms with Crippen molar-refractivity contribution in [3.05, 3.63) is 0 Å². The molecule has 1 saturated heterocycles. The average Bonchev–Trinajstić information content (AvgIpc) is 3.12. The minimum absolute atomic E-state index is 0.00174. The summed E-state index contributed by atoms with van der Waals surface area (Å²) < 4.78 is 65.2. The third-order valence-corrected chi connectivity index (χ3v) is 4.93. The fraction of sp³-hybridized carbons (Fsp3) is 0.933. The molecule has 2 amide bonds. The molecule has 2 fully saturated rings. The van der Waals surface area contributed by atoms with Crippen molar-refractivity contribution in [1.82, 2.24) is 10.2 Å². The van der Waals surface area contributed by atoms with Crippen molar-refractivity contribution in [2.75, 3.05) is 13.1 Å². The minimum Gasteiger partial charge on any atom is -0.338 e. The van der Waals surface area contributed by atoms with Crippen molar-refractivity contribution in [2.45, 2.75) is 70.0 Å². The van der Waals surface area contributed by atoms with Crippen molar-refractivity contribution < 1.29 is 26.7 Å². The molecule has 0 bridgehead atoms. The number of alkyl halides is 5.